The fraction of sp³-hybridized carbons (Fsp3) is 0.927. The number of halogens is 1. The quantitative estimate of drug-likeness (QED) is 0.137. The van der Waals surface area contributed by atoms with Crippen LogP contribution in [0.1, 0.15) is 108 Å². The molecule has 0 saturated carbocycles. The molecular formula is C41H73IN2O10. The maximum Gasteiger partial charge on any atom is 0.185 e. The van der Waals surface area contributed by atoms with E-state index in [4.69, 9.17) is 25.4 Å². The van der Waals surface area contributed by atoms with E-state index in [9.17, 15) is 30.3 Å². The zero-order chi connectivity index (χ0) is 41.1. The molecule has 3 heterocycles. The third-order valence-corrected chi connectivity index (χ3v) is 14.8. The first-order valence-electron chi connectivity index (χ1n) is 20.0. The standard InChI is InChI=1S/C41H73IN2O10/c1-14-16-17-43(12)29-18-24(4)51-38(33(29)46)54-37-26(6)34(53-32-21-39(9,15-2)36(48)28(8)52-32)25(5)30(45)19-31(42)41(11,50)35(47)27(7)44(13)22-23(3)20-40(37,10)49/h1,23-29,31-38,46-50H,15-22H2,2-13H3/t23-,24-,25+,26+,27-,28+,29+,31+,32+,33-,34-,35-,36+,37-,38+,39-,40-,41-/m1/s1. The molecule has 0 aromatic heterocycles. The van der Waals surface area contributed by atoms with E-state index in [-0.39, 0.29) is 36.7 Å². The number of Topliss-reactive ketones (excluding diaryl/α,β-unsaturated/α-hetero) is 1. The average molecular weight is 881 g/mol. The van der Waals surface area contributed by atoms with Gasteiger partial charge in [-0.25, -0.2) is 0 Å². The first kappa shape index (κ1) is 47.9. The number of ketones is 1. The Hall–Kier alpha value is -0.480. The predicted molar refractivity (Wildman–Crippen MR) is 217 cm³/mol. The number of alkyl halides is 1. The number of carbonyl (C=O) groups is 1. The summed E-state index contributed by atoms with van der Waals surface area (Å²) < 4.78 is 25.6. The molecule has 0 spiro atoms. The van der Waals surface area contributed by atoms with Crippen molar-refractivity contribution in [2.75, 3.05) is 27.2 Å². The lowest BCUT2D eigenvalue weighted by Crippen LogP contribution is -2.60. The van der Waals surface area contributed by atoms with Crippen molar-refractivity contribution in [3.63, 3.8) is 0 Å². The van der Waals surface area contributed by atoms with Crippen LogP contribution in [0.3, 0.4) is 0 Å². The molecule has 54 heavy (non-hydrogen) atoms. The lowest BCUT2D eigenvalue weighted by Gasteiger charge is -2.49. The summed E-state index contributed by atoms with van der Waals surface area (Å²) in [5.74, 6) is 0.929. The number of aliphatic hydroxyl groups excluding tert-OH is 3. The molecule has 0 aromatic carbocycles. The Bertz CT molecular complexity index is 1250. The summed E-state index contributed by atoms with van der Waals surface area (Å²) in [5.41, 5.74) is -3.62. The lowest BCUT2D eigenvalue weighted by atomic mass is 9.74. The van der Waals surface area contributed by atoms with Gasteiger partial charge in [-0.3, -0.25) is 9.69 Å². The number of likely N-dealkylation sites (N-methyl/N-ethyl adjacent to an activating group) is 2. The van der Waals surface area contributed by atoms with Gasteiger partial charge >= 0.3 is 0 Å². The van der Waals surface area contributed by atoms with E-state index < -0.39 is 87.6 Å². The average Bonchev–Trinajstić information content (AvgIpc) is 3.09. The molecule has 12 nitrogen and oxygen atoms in total. The third-order valence-electron chi connectivity index (χ3n) is 13.1. The van der Waals surface area contributed by atoms with Gasteiger partial charge in [-0.1, -0.05) is 57.2 Å². The van der Waals surface area contributed by atoms with E-state index in [1.165, 1.54) is 0 Å². The SMILES string of the molecule is C#CCCN(C)[C@H]1C[C@@H](C)O[C@@H](O[C@@H]2[C@@H](C)[C@H](O[C@H]3C[C@@](C)(CC)[C@@H](O)[C@H](C)O3)[C@@H](C)C(=O)C[C@H](I)[C@@](C)(O)[C@H](O)[C@@H](C)N(C)C[C@H](C)C[C@@]2(C)O)[C@@H]1O. The van der Waals surface area contributed by atoms with Crippen molar-refractivity contribution in [2.24, 2.45) is 23.2 Å². The van der Waals surface area contributed by atoms with E-state index in [0.29, 0.717) is 38.8 Å². The lowest BCUT2D eigenvalue weighted by molar-refractivity contribution is -0.312. The van der Waals surface area contributed by atoms with Gasteiger partial charge in [0.15, 0.2) is 12.6 Å². The van der Waals surface area contributed by atoms with Gasteiger partial charge in [0, 0.05) is 65.6 Å². The number of hydrogen-bond acceptors (Lipinski definition) is 12. The summed E-state index contributed by atoms with van der Waals surface area (Å²) in [5, 5.41) is 58.6. The van der Waals surface area contributed by atoms with Gasteiger partial charge in [0.1, 0.15) is 17.5 Å². The number of ether oxygens (including phenoxy) is 4. The Morgan fingerprint density at radius 3 is 2.24 bits per heavy atom. The third kappa shape index (κ3) is 11.2. The van der Waals surface area contributed by atoms with Crippen LogP contribution in [-0.4, -0.2) is 151 Å². The van der Waals surface area contributed by atoms with E-state index in [1.807, 2.05) is 72.4 Å². The Morgan fingerprint density at radius 1 is 1.02 bits per heavy atom. The monoisotopic (exact) mass is 880 g/mol. The van der Waals surface area contributed by atoms with Gasteiger partial charge in [-0.15, -0.1) is 12.3 Å². The molecule has 314 valence electrons. The summed E-state index contributed by atoms with van der Waals surface area (Å²) in [6.07, 6.45) is 0.428. The number of hydrogen-bond donors (Lipinski definition) is 5. The topological polar surface area (TPSA) is 162 Å². The second-order valence-corrected chi connectivity index (χ2v) is 19.4. The Kier molecular flexibility index (Phi) is 17.3. The molecule has 18 atom stereocenters. The van der Waals surface area contributed by atoms with Crippen LogP contribution in [0.4, 0.5) is 0 Å². The van der Waals surface area contributed by atoms with Crippen LogP contribution in [0.5, 0.6) is 0 Å². The minimum Gasteiger partial charge on any atom is -0.390 e. The largest absolute Gasteiger partial charge is 0.390 e. The number of nitrogens with zero attached hydrogens (tertiary/aromatic N) is 2. The highest BCUT2D eigenvalue weighted by atomic mass is 127. The van der Waals surface area contributed by atoms with Crippen molar-refractivity contribution in [1.29, 1.82) is 0 Å². The summed E-state index contributed by atoms with van der Waals surface area (Å²) >= 11 is 2.06. The molecule has 3 saturated heterocycles. The molecule has 0 aromatic rings. The van der Waals surface area contributed by atoms with Crippen molar-refractivity contribution in [3.05, 3.63) is 0 Å². The Labute approximate surface area is 339 Å². The molecule has 3 aliphatic heterocycles. The van der Waals surface area contributed by atoms with Crippen LogP contribution in [0.15, 0.2) is 0 Å². The zero-order valence-electron chi connectivity index (χ0n) is 34.9. The second-order valence-electron chi connectivity index (χ2n) is 17.9. The molecule has 5 N–H and O–H groups in total. The number of carbonyl (C=O) groups excluding carboxylic acids is 1. The maximum atomic E-state index is 14.4. The molecule has 3 aliphatic rings. The van der Waals surface area contributed by atoms with Gasteiger partial charge in [-0.05, 0) is 73.9 Å². The summed E-state index contributed by atoms with van der Waals surface area (Å²) in [6.45, 7) is 19.7. The van der Waals surface area contributed by atoms with Crippen LogP contribution in [0, 0.1) is 35.5 Å². The fourth-order valence-electron chi connectivity index (χ4n) is 9.09. The van der Waals surface area contributed by atoms with E-state index >= 15 is 0 Å². The molecule has 0 amide bonds. The van der Waals surface area contributed by atoms with Crippen molar-refractivity contribution >= 4 is 28.4 Å². The van der Waals surface area contributed by atoms with Crippen molar-refractivity contribution in [3.8, 4) is 12.3 Å². The number of rotatable bonds is 8. The first-order valence-corrected chi connectivity index (χ1v) is 21.3. The van der Waals surface area contributed by atoms with Crippen LogP contribution in [0.2, 0.25) is 0 Å². The highest BCUT2D eigenvalue weighted by Crippen LogP contribution is 2.43. The van der Waals surface area contributed by atoms with Crippen molar-refractivity contribution < 1.29 is 49.3 Å². The summed E-state index contributed by atoms with van der Waals surface area (Å²) in [4.78, 5) is 18.3. The normalized spacial score (nSPS) is 48.2. The highest BCUT2D eigenvalue weighted by molar-refractivity contribution is 14.1. The Morgan fingerprint density at radius 2 is 1.65 bits per heavy atom. The van der Waals surface area contributed by atoms with Gasteiger partial charge in [0.2, 0.25) is 0 Å². The van der Waals surface area contributed by atoms with Gasteiger partial charge < -0.3 is 49.4 Å². The molecular weight excluding hydrogens is 807 g/mol. The molecule has 3 fully saturated rings. The van der Waals surface area contributed by atoms with E-state index in [1.54, 1.807) is 20.8 Å². The van der Waals surface area contributed by atoms with Crippen LogP contribution >= 0.6 is 22.6 Å². The van der Waals surface area contributed by atoms with Crippen LogP contribution in [0.25, 0.3) is 0 Å². The molecule has 3 rings (SSSR count). The summed E-state index contributed by atoms with van der Waals surface area (Å²) in [6, 6.07) is -0.778. The first-order chi connectivity index (χ1) is 24.9. The van der Waals surface area contributed by atoms with Gasteiger partial charge in [0.25, 0.3) is 0 Å². The molecule has 0 bridgehead atoms. The van der Waals surface area contributed by atoms with Gasteiger partial charge in [0.05, 0.1) is 42.2 Å². The molecule has 0 unspecified atom stereocenters. The van der Waals surface area contributed by atoms with Crippen LogP contribution < -0.4 is 0 Å². The molecule has 13 heteroatoms. The highest BCUT2D eigenvalue weighted by Gasteiger charge is 2.52. The second kappa shape index (κ2) is 19.5. The van der Waals surface area contributed by atoms with E-state index in [0.717, 1.165) is 0 Å². The van der Waals surface area contributed by atoms with E-state index in [2.05, 4.69) is 28.5 Å². The Balaban J connectivity index is 2.15. The van der Waals surface area contributed by atoms with Crippen LogP contribution in [-0.2, 0) is 23.7 Å². The number of terminal acetylenes is 1. The smallest absolute Gasteiger partial charge is 0.185 e. The van der Waals surface area contributed by atoms with Gasteiger partial charge in [-0.2, -0.15) is 0 Å². The maximum absolute atomic E-state index is 14.4. The zero-order valence-corrected chi connectivity index (χ0v) is 37.1. The number of aliphatic hydroxyl groups is 5. The molecule has 0 aliphatic carbocycles. The molecule has 0 radical (unpaired) electrons. The van der Waals surface area contributed by atoms with Crippen molar-refractivity contribution in [1.82, 2.24) is 9.80 Å². The predicted octanol–water partition coefficient (Wildman–Crippen LogP) is 3.75. The minimum atomic E-state index is -1.60. The summed E-state index contributed by atoms with van der Waals surface area (Å²) in [7, 11) is 3.79. The fourth-order valence-corrected chi connectivity index (χ4v) is 9.89. The van der Waals surface area contributed by atoms with Crippen molar-refractivity contribution in [2.45, 2.75) is 190 Å². The minimum absolute atomic E-state index is 0.0475.